The SMILES string of the molecule is CCCCOCCCNC(=O)c1ccc(S(=O)(=O)N(C)C2CCCCC2)cc1. The van der Waals surface area contributed by atoms with Gasteiger partial charge < -0.3 is 10.1 Å². The molecule has 1 aromatic rings. The number of nitrogens with zero attached hydrogens (tertiary/aromatic N) is 1. The molecule has 28 heavy (non-hydrogen) atoms. The van der Waals surface area contributed by atoms with Crippen LogP contribution in [0.1, 0.15) is 68.6 Å². The topological polar surface area (TPSA) is 75.7 Å². The normalized spacial score (nSPS) is 15.7. The lowest BCUT2D eigenvalue weighted by Gasteiger charge is -2.30. The lowest BCUT2D eigenvalue weighted by atomic mass is 9.96. The van der Waals surface area contributed by atoms with Crippen molar-refractivity contribution < 1.29 is 17.9 Å². The second kappa shape index (κ2) is 11.5. The first-order chi connectivity index (χ1) is 13.5. The molecule has 0 aliphatic heterocycles. The van der Waals surface area contributed by atoms with Gasteiger partial charge in [-0.1, -0.05) is 32.6 Å². The highest BCUT2D eigenvalue weighted by Gasteiger charge is 2.29. The molecular formula is C21H34N2O4S. The first-order valence-corrected chi connectivity index (χ1v) is 11.8. The molecule has 0 heterocycles. The molecule has 0 aromatic heterocycles. The van der Waals surface area contributed by atoms with E-state index >= 15 is 0 Å². The molecule has 0 spiro atoms. The summed E-state index contributed by atoms with van der Waals surface area (Å²) in [6, 6.07) is 6.28. The first-order valence-electron chi connectivity index (χ1n) is 10.4. The van der Waals surface area contributed by atoms with E-state index in [0.717, 1.165) is 51.6 Å². The highest BCUT2D eigenvalue weighted by atomic mass is 32.2. The minimum atomic E-state index is -3.53. The highest BCUT2D eigenvalue weighted by molar-refractivity contribution is 7.89. The maximum Gasteiger partial charge on any atom is 0.251 e. The van der Waals surface area contributed by atoms with Gasteiger partial charge >= 0.3 is 0 Å². The van der Waals surface area contributed by atoms with Crippen LogP contribution in [0.4, 0.5) is 0 Å². The largest absolute Gasteiger partial charge is 0.381 e. The van der Waals surface area contributed by atoms with E-state index in [1.807, 2.05) is 0 Å². The van der Waals surface area contributed by atoms with Gasteiger partial charge in [-0.05, 0) is 49.9 Å². The number of hydrogen-bond donors (Lipinski definition) is 1. The number of carbonyl (C=O) groups excluding carboxylic acids is 1. The molecule has 0 radical (unpaired) electrons. The Labute approximate surface area is 169 Å². The Hall–Kier alpha value is -1.44. The summed E-state index contributed by atoms with van der Waals surface area (Å²) in [6.45, 7) is 4.05. The van der Waals surface area contributed by atoms with Crippen molar-refractivity contribution in [3.8, 4) is 0 Å². The summed E-state index contributed by atoms with van der Waals surface area (Å²) in [6.07, 6.45) is 8.08. The zero-order valence-electron chi connectivity index (χ0n) is 17.2. The Bertz CT molecular complexity index is 698. The van der Waals surface area contributed by atoms with Gasteiger partial charge in [0.25, 0.3) is 5.91 Å². The summed E-state index contributed by atoms with van der Waals surface area (Å²) in [4.78, 5) is 12.4. The van der Waals surface area contributed by atoms with Crippen LogP contribution in [0.3, 0.4) is 0 Å². The number of benzene rings is 1. The van der Waals surface area contributed by atoms with Crippen molar-refractivity contribution >= 4 is 15.9 Å². The van der Waals surface area contributed by atoms with E-state index in [9.17, 15) is 13.2 Å². The standard InChI is InChI=1S/C21H34N2O4S/c1-3-4-16-27-17-8-15-22-21(24)18-11-13-20(14-12-18)28(25,26)23(2)19-9-6-5-7-10-19/h11-14,19H,3-10,15-17H2,1-2H3,(H,22,24). The third-order valence-corrected chi connectivity index (χ3v) is 7.20. The lowest BCUT2D eigenvalue weighted by Crippen LogP contribution is -2.38. The first kappa shape index (κ1) is 22.8. The van der Waals surface area contributed by atoms with Gasteiger partial charge in [0.05, 0.1) is 4.90 Å². The fraction of sp³-hybridized carbons (Fsp3) is 0.667. The fourth-order valence-electron chi connectivity index (χ4n) is 3.41. The van der Waals surface area contributed by atoms with E-state index in [1.165, 1.54) is 22.9 Å². The van der Waals surface area contributed by atoms with Gasteiger partial charge in [0.2, 0.25) is 10.0 Å². The van der Waals surface area contributed by atoms with Crippen LogP contribution < -0.4 is 5.32 Å². The molecule has 0 saturated heterocycles. The molecule has 2 rings (SSSR count). The Kier molecular flexibility index (Phi) is 9.41. The molecule has 1 aromatic carbocycles. The second-order valence-electron chi connectivity index (χ2n) is 7.41. The maximum absolute atomic E-state index is 12.8. The van der Waals surface area contributed by atoms with Crippen molar-refractivity contribution in [2.24, 2.45) is 0 Å². The van der Waals surface area contributed by atoms with Crippen LogP contribution in [0, 0.1) is 0 Å². The number of nitrogens with one attached hydrogen (secondary N) is 1. The van der Waals surface area contributed by atoms with E-state index in [2.05, 4.69) is 12.2 Å². The molecular weight excluding hydrogens is 376 g/mol. The Morgan fingerprint density at radius 3 is 2.39 bits per heavy atom. The molecule has 1 fully saturated rings. The number of ether oxygens (including phenoxy) is 1. The van der Waals surface area contributed by atoms with E-state index in [4.69, 9.17) is 4.74 Å². The van der Waals surface area contributed by atoms with E-state index in [-0.39, 0.29) is 16.8 Å². The molecule has 1 amide bonds. The average Bonchev–Trinajstić information content (AvgIpc) is 2.73. The Morgan fingerprint density at radius 1 is 1.11 bits per heavy atom. The third-order valence-electron chi connectivity index (χ3n) is 5.28. The van der Waals surface area contributed by atoms with Gasteiger partial charge in [-0.3, -0.25) is 4.79 Å². The number of hydrogen-bond acceptors (Lipinski definition) is 4. The summed E-state index contributed by atoms with van der Waals surface area (Å²) in [5.74, 6) is -0.196. The predicted molar refractivity (Wildman–Crippen MR) is 111 cm³/mol. The summed E-state index contributed by atoms with van der Waals surface area (Å²) in [5, 5.41) is 2.84. The van der Waals surface area contributed by atoms with E-state index in [0.29, 0.717) is 18.7 Å². The molecule has 0 unspecified atom stereocenters. The second-order valence-corrected chi connectivity index (χ2v) is 9.41. The van der Waals surface area contributed by atoms with Crippen molar-refractivity contribution in [3.05, 3.63) is 29.8 Å². The quantitative estimate of drug-likeness (QED) is 0.566. The molecule has 1 aliphatic carbocycles. The predicted octanol–water partition coefficient (Wildman–Crippen LogP) is 3.58. The minimum Gasteiger partial charge on any atom is -0.381 e. The van der Waals surface area contributed by atoms with Crippen LogP contribution in [0.5, 0.6) is 0 Å². The summed E-state index contributed by atoms with van der Waals surface area (Å²) in [7, 11) is -1.87. The van der Waals surface area contributed by atoms with Crippen LogP contribution in [0.25, 0.3) is 0 Å². The molecule has 0 atom stereocenters. The molecule has 1 N–H and O–H groups in total. The molecule has 0 bridgehead atoms. The highest BCUT2D eigenvalue weighted by Crippen LogP contribution is 2.26. The third kappa shape index (κ3) is 6.57. The van der Waals surface area contributed by atoms with Crippen molar-refractivity contribution in [2.45, 2.75) is 69.2 Å². The summed E-state index contributed by atoms with van der Waals surface area (Å²) < 4.78 is 32.7. The molecule has 7 heteroatoms. The number of amides is 1. The monoisotopic (exact) mass is 410 g/mol. The van der Waals surface area contributed by atoms with Gasteiger partial charge in [-0.15, -0.1) is 0 Å². The zero-order chi connectivity index (χ0) is 20.4. The van der Waals surface area contributed by atoms with Gasteiger partial charge in [0, 0.05) is 38.4 Å². The Balaban J connectivity index is 1.85. The van der Waals surface area contributed by atoms with Gasteiger partial charge in [0.1, 0.15) is 0 Å². The lowest BCUT2D eigenvalue weighted by molar-refractivity contribution is 0.0940. The van der Waals surface area contributed by atoms with Crippen LogP contribution in [0.2, 0.25) is 0 Å². The van der Waals surface area contributed by atoms with Gasteiger partial charge in [-0.25, -0.2) is 8.42 Å². The van der Waals surface area contributed by atoms with Crippen LogP contribution in [-0.4, -0.2) is 51.5 Å². The Morgan fingerprint density at radius 2 is 1.75 bits per heavy atom. The maximum atomic E-state index is 12.8. The van der Waals surface area contributed by atoms with Crippen LogP contribution in [-0.2, 0) is 14.8 Å². The van der Waals surface area contributed by atoms with Crippen LogP contribution in [0.15, 0.2) is 29.2 Å². The molecule has 1 aliphatic rings. The number of rotatable bonds is 11. The summed E-state index contributed by atoms with van der Waals surface area (Å²) >= 11 is 0. The number of unbranched alkanes of at least 4 members (excludes halogenated alkanes) is 1. The van der Waals surface area contributed by atoms with Crippen molar-refractivity contribution in [3.63, 3.8) is 0 Å². The smallest absolute Gasteiger partial charge is 0.251 e. The van der Waals surface area contributed by atoms with Crippen molar-refractivity contribution in [1.82, 2.24) is 9.62 Å². The fourth-order valence-corrected chi connectivity index (χ4v) is 4.83. The average molecular weight is 411 g/mol. The van der Waals surface area contributed by atoms with Gasteiger partial charge in [0.15, 0.2) is 0 Å². The molecule has 158 valence electrons. The molecule has 1 saturated carbocycles. The molecule has 6 nitrogen and oxygen atoms in total. The van der Waals surface area contributed by atoms with Crippen LogP contribution >= 0.6 is 0 Å². The summed E-state index contributed by atoms with van der Waals surface area (Å²) in [5.41, 5.74) is 0.464. The number of carbonyl (C=O) groups is 1. The van der Waals surface area contributed by atoms with Crippen molar-refractivity contribution in [1.29, 1.82) is 0 Å². The van der Waals surface area contributed by atoms with E-state index in [1.54, 1.807) is 19.2 Å². The van der Waals surface area contributed by atoms with Crippen molar-refractivity contribution in [2.75, 3.05) is 26.8 Å². The number of sulfonamides is 1. The zero-order valence-corrected chi connectivity index (χ0v) is 18.0. The van der Waals surface area contributed by atoms with Gasteiger partial charge in [-0.2, -0.15) is 4.31 Å². The van der Waals surface area contributed by atoms with E-state index < -0.39 is 10.0 Å². The minimum absolute atomic E-state index is 0.0706.